The fourth-order valence-corrected chi connectivity index (χ4v) is 2.67. The van der Waals surface area contributed by atoms with E-state index in [0.29, 0.717) is 11.0 Å². The highest BCUT2D eigenvalue weighted by Gasteiger charge is 2.11. The standard InChI is InChI=1S/C15H10BrFN2O2/c16-15-11(2-1-3-13(15)17)9-18-7-6-10-4-5-12(19(20)21)8-14(10)18/h1-8H,9H2. The lowest BCUT2D eigenvalue weighted by molar-refractivity contribution is -0.384. The molecule has 0 aliphatic heterocycles. The third-order valence-electron chi connectivity index (χ3n) is 3.34. The molecule has 0 saturated heterocycles. The second kappa shape index (κ2) is 5.29. The number of fused-ring (bicyclic) bond motifs is 1. The first-order valence-corrected chi connectivity index (χ1v) is 7.02. The van der Waals surface area contributed by atoms with E-state index in [-0.39, 0.29) is 11.5 Å². The van der Waals surface area contributed by atoms with E-state index in [2.05, 4.69) is 15.9 Å². The van der Waals surface area contributed by atoms with E-state index in [1.807, 2.05) is 22.9 Å². The van der Waals surface area contributed by atoms with E-state index in [1.165, 1.54) is 18.2 Å². The van der Waals surface area contributed by atoms with Crippen LogP contribution in [0.5, 0.6) is 0 Å². The minimum absolute atomic E-state index is 0.0424. The van der Waals surface area contributed by atoms with Gasteiger partial charge < -0.3 is 4.57 Å². The Kier molecular flexibility index (Phi) is 3.47. The van der Waals surface area contributed by atoms with Gasteiger partial charge in [0.2, 0.25) is 0 Å². The highest BCUT2D eigenvalue weighted by molar-refractivity contribution is 9.10. The number of halogens is 2. The molecule has 1 heterocycles. The maximum absolute atomic E-state index is 13.5. The van der Waals surface area contributed by atoms with Gasteiger partial charge in [0.25, 0.3) is 5.69 Å². The largest absolute Gasteiger partial charge is 0.343 e. The summed E-state index contributed by atoms with van der Waals surface area (Å²) in [5.41, 5.74) is 1.57. The first kappa shape index (κ1) is 13.8. The zero-order valence-electron chi connectivity index (χ0n) is 10.8. The van der Waals surface area contributed by atoms with Gasteiger partial charge in [-0.2, -0.15) is 0 Å². The molecule has 0 fully saturated rings. The highest BCUT2D eigenvalue weighted by atomic mass is 79.9. The highest BCUT2D eigenvalue weighted by Crippen LogP contribution is 2.25. The lowest BCUT2D eigenvalue weighted by Gasteiger charge is -2.08. The lowest BCUT2D eigenvalue weighted by Crippen LogP contribution is -2.00. The molecule has 6 heteroatoms. The number of nitro benzene ring substituents is 1. The van der Waals surface area contributed by atoms with Crippen molar-refractivity contribution in [2.24, 2.45) is 0 Å². The number of aromatic nitrogens is 1. The second-order valence-corrected chi connectivity index (χ2v) is 5.45. The summed E-state index contributed by atoms with van der Waals surface area (Å²) in [6.45, 7) is 0.434. The van der Waals surface area contributed by atoms with Crippen molar-refractivity contribution in [2.75, 3.05) is 0 Å². The maximum atomic E-state index is 13.5. The molecule has 0 amide bonds. The minimum Gasteiger partial charge on any atom is -0.343 e. The van der Waals surface area contributed by atoms with Gasteiger partial charge in [-0.15, -0.1) is 0 Å². The Labute approximate surface area is 128 Å². The van der Waals surface area contributed by atoms with Crippen LogP contribution >= 0.6 is 15.9 Å². The van der Waals surface area contributed by atoms with Crippen LogP contribution in [0.3, 0.4) is 0 Å². The van der Waals surface area contributed by atoms with Crippen molar-refractivity contribution in [2.45, 2.75) is 6.54 Å². The summed E-state index contributed by atoms with van der Waals surface area (Å²) in [5.74, 6) is -0.324. The van der Waals surface area contributed by atoms with Crippen LogP contribution < -0.4 is 0 Å². The number of nitrogens with zero attached hydrogens (tertiary/aromatic N) is 2. The molecular weight excluding hydrogens is 339 g/mol. The fourth-order valence-electron chi connectivity index (χ4n) is 2.28. The Morgan fingerprint density at radius 3 is 2.81 bits per heavy atom. The van der Waals surface area contributed by atoms with Crippen molar-refractivity contribution in [1.82, 2.24) is 4.57 Å². The monoisotopic (exact) mass is 348 g/mol. The minimum atomic E-state index is -0.422. The first-order chi connectivity index (χ1) is 10.1. The van der Waals surface area contributed by atoms with Crippen LogP contribution in [0.25, 0.3) is 10.9 Å². The average molecular weight is 349 g/mol. The molecule has 3 rings (SSSR count). The molecule has 4 nitrogen and oxygen atoms in total. The Morgan fingerprint density at radius 2 is 2.05 bits per heavy atom. The molecule has 0 saturated carbocycles. The van der Waals surface area contributed by atoms with Crippen molar-refractivity contribution < 1.29 is 9.31 Å². The molecule has 3 aromatic rings. The average Bonchev–Trinajstić information content (AvgIpc) is 2.86. The van der Waals surface area contributed by atoms with E-state index in [4.69, 9.17) is 0 Å². The summed E-state index contributed by atoms with van der Waals surface area (Å²) in [6.07, 6.45) is 1.84. The van der Waals surface area contributed by atoms with Crippen molar-refractivity contribution >= 4 is 32.5 Å². The third-order valence-corrected chi connectivity index (χ3v) is 4.23. The normalized spacial score (nSPS) is 11.0. The van der Waals surface area contributed by atoms with Gasteiger partial charge in [-0.05, 0) is 39.7 Å². The van der Waals surface area contributed by atoms with Crippen LogP contribution in [0.1, 0.15) is 5.56 Å². The molecule has 0 spiro atoms. The van der Waals surface area contributed by atoms with Gasteiger partial charge in [0.05, 0.1) is 14.9 Å². The molecule has 0 aliphatic rings. The van der Waals surface area contributed by atoms with Gasteiger partial charge in [0, 0.05) is 30.3 Å². The number of hydrogen-bond donors (Lipinski definition) is 0. The predicted molar refractivity (Wildman–Crippen MR) is 81.8 cm³/mol. The van der Waals surface area contributed by atoms with Crippen molar-refractivity contribution in [1.29, 1.82) is 0 Å². The van der Waals surface area contributed by atoms with Gasteiger partial charge >= 0.3 is 0 Å². The lowest BCUT2D eigenvalue weighted by atomic mass is 10.2. The van der Waals surface area contributed by atoms with E-state index in [9.17, 15) is 14.5 Å². The van der Waals surface area contributed by atoms with Crippen LogP contribution in [-0.2, 0) is 6.54 Å². The number of benzene rings is 2. The summed E-state index contributed by atoms with van der Waals surface area (Å²) in [4.78, 5) is 10.5. The van der Waals surface area contributed by atoms with Crippen LogP contribution in [0.4, 0.5) is 10.1 Å². The van der Waals surface area contributed by atoms with E-state index in [1.54, 1.807) is 12.1 Å². The molecular formula is C15H10BrFN2O2. The molecule has 0 bridgehead atoms. The topological polar surface area (TPSA) is 48.1 Å². The van der Waals surface area contributed by atoms with E-state index in [0.717, 1.165) is 16.5 Å². The molecule has 21 heavy (non-hydrogen) atoms. The number of non-ortho nitro benzene ring substituents is 1. The van der Waals surface area contributed by atoms with Gasteiger partial charge in [0.1, 0.15) is 5.82 Å². The van der Waals surface area contributed by atoms with Gasteiger partial charge in [0.15, 0.2) is 0 Å². The van der Waals surface area contributed by atoms with Crippen LogP contribution in [0.15, 0.2) is 53.1 Å². The van der Waals surface area contributed by atoms with Gasteiger partial charge in [-0.25, -0.2) is 4.39 Å². The molecule has 0 N–H and O–H groups in total. The predicted octanol–water partition coefficient (Wildman–Crippen LogP) is 4.50. The van der Waals surface area contributed by atoms with Gasteiger partial charge in [-0.3, -0.25) is 10.1 Å². The van der Waals surface area contributed by atoms with Crippen LogP contribution in [0.2, 0.25) is 0 Å². The number of hydrogen-bond acceptors (Lipinski definition) is 2. The van der Waals surface area contributed by atoms with Gasteiger partial charge in [-0.1, -0.05) is 12.1 Å². The van der Waals surface area contributed by atoms with Crippen molar-refractivity contribution in [3.8, 4) is 0 Å². The molecule has 2 aromatic carbocycles. The third kappa shape index (κ3) is 2.54. The maximum Gasteiger partial charge on any atom is 0.271 e. The summed E-state index contributed by atoms with van der Waals surface area (Å²) < 4.78 is 15.8. The Hall–Kier alpha value is -2.21. The van der Waals surface area contributed by atoms with Crippen LogP contribution in [-0.4, -0.2) is 9.49 Å². The molecule has 106 valence electrons. The Bertz CT molecular complexity index is 845. The van der Waals surface area contributed by atoms with Crippen molar-refractivity contribution in [3.05, 3.63) is 74.6 Å². The summed E-state index contributed by atoms with van der Waals surface area (Å²) in [7, 11) is 0. The molecule has 1 aromatic heterocycles. The zero-order chi connectivity index (χ0) is 15.0. The Balaban J connectivity index is 2.06. The molecule has 0 radical (unpaired) electrons. The SMILES string of the molecule is O=[N+]([O-])c1ccc2ccn(Cc3cccc(F)c3Br)c2c1. The summed E-state index contributed by atoms with van der Waals surface area (Å²) >= 11 is 3.23. The quantitative estimate of drug-likeness (QED) is 0.516. The second-order valence-electron chi connectivity index (χ2n) is 4.66. The smallest absolute Gasteiger partial charge is 0.271 e. The molecule has 0 unspecified atom stereocenters. The zero-order valence-corrected chi connectivity index (χ0v) is 12.4. The Morgan fingerprint density at radius 1 is 1.24 bits per heavy atom. The summed E-state index contributed by atoms with van der Waals surface area (Å²) in [6, 6.07) is 11.4. The van der Waals surface area contributed by atoms with E-state index < -0.39 is 4.92 Å². The summed E-state index contributed by atoms with van der Waals surface area (Å²) in [5, 5.41) is 11.8. The first-order valence-electron chi connectivity index (χ1n) is 6.22. The van der Waals surface area contributed by atoms with Crippen LogP contribution in [0, 0.1) is 15.9 Å². The van der Waals surface area contributed by atoms with E-state index >= 15 is 0 Å². The number of rotatable bonds is 3. The molecule has 0 atom stereocenters. The molecule has 0 aliphatic carbocycles. The number of nitro groups is 1. The fraction of sp³-hybridized carbons (Fsp3) is 0.0667. The van der Waals surface area contributed by atoms with Crippen molar-refractivity contribution in [3.63, 3.8) is 0 Å².